The fourth-order valence-electron chi connectivity index (χ4n) is 2.16. The summed E-state index contributed by atoms with van der Waals surface area (Å²) in [6, 6.07) is 0. The molecule has 5 nitrogen and oxygen atoms in total. The van der Waals surface area contributed by atoms with Gasteiger partial charge in [0.2, 0.25) is 0 Å². The Morgan fingerprint density at radius 2 is 2.00 bits per heavy atom. The van der Waals surface area contributed by atoms with Gasteiger partial charge in [-0.05, 0) is 33.1 Å². The maximum atomic E-state index is 12.0. The minimum absolute atomic E-state index is 0.161. The first-order chi connectivity index (χ1) is 8.42. The lowest BCUT2D eigenvalue weighted by molar-refractivity contribution is -0.163. The summed E-state index contributed by atoms with van der Waals surface area (Å²) >= 11 is 0. The van der Waals surface area contributed by atoms with Crippen LogP contribution in [0.1, 0.15) is 46.5 Å². The molecule has 0 aromatic heterocycles. The molecule has 3 unspecified atom stereocenters. The molecule has 1 saturated carbocycles. The molecule has 1 aliphatic carbocycles. The fraction of sp³-hybridized carbons (Fsp3) is 0.846. The van der Waals surface area contributed by atoms with Crippen molar-refractivity contribution in [3.05, 3.63) is 0 Å². The second-order valence-corrected chi connectivity index (χ2v) is 5.64. The molecule has 1 saturated heterocycles. The Hall–Kier alpha value is -1.26. The largest absolute Gasteiger partial charge is 0.509 e. The number of hydrogen-bond donors (Lipinski definition) is 0. The van der Waals surface area contributed by atoms with Crippen molar-refractivity contribution in [3.63, 3.8) is 0 Å². The lowest BCUT2D eigenvalue weighted by atomic mass is 9.89. The molecule has 0 aromatic rings. The summed E-state index contributed by atoms with van der Waals surface area (Å²) in [5, 5.41) is 0. The average molecular weight is 256 g/mol. The van der Waals surface area contributed by atoms with Gasteiger partial charge in [0.05, 0.1) is 5.41 Å². The SMILES string of the molecule is CCC(C)(C)C(=O)OC1CCC2OC(=O)OC2C1. The van der Waals surface area contributed by atoms with Gasteiger partial charge in [0.1, 0.15) is 18.3 Å². The van der Waals surface area contributed by atoms with E-state index >= 15 is 0 Å². The van der Waals surface area contributed by atoms with Crippen molar-refractivity contribution in [1.29, 1.82) is 0 Å². The molecule has 2 aliphatic rings. The molecule has 3 atom stereocenters. The van der Waals surface area contributed by atoms with E-state index in [2.05, 4.69) is 0 Å². The van der Waals surface area contributed by atoms with Crippen molar-refractivity contribution in [2.75, 3.05) is 0 Å². The molecule has 1 heterocycles. The van der Waals surface area contributed by atoms with Crippen LogP contribution in [0, 0.1) is 5.41 Å². The molecule has 0 radical (unpaired) electrons. The minimum Gasteiger partial charge on any atom is -0.462 e. The molecule has 0 N–H and O–H groups in total. The summed E-state index contributed by atoms with van der Waals surface area (Å²) in [6.45, 7) is 5.71. The van der Waals surface area contributed by atoms with Crippen molar-refractivity contribution in [3.8, 4) is 0 Å². The Bertz CT molecular complexity index is 349. The standard InChI is InChI=1S/C13H20O5/c1-4-13(2,3)11(14)16-8-5-6-9-10(7-8)18-12(15)17-9/h8-10H,4-7H2,1-3H3. The molecule has 0 bridgehead atoms. The third kappa shape index (κ3) is 2.60. The number of esters is 1. The summed E-state index contributed by atoms with van der Waals surface area (Å²) in [7, 11) is 0. The zero-order valence-electron chi connectivity index (χ0n) is 11.1. The molecule has 0 spiro atoms. The van der Waals surface area contributed by atoms with Gasteiger partial charge in [-0.15, -0.1) is 0 Å². The predicted octanol–water partition coefficient (Wildman–Crippen LogP) is 2.42. The number of rotatable bonds is 3. The van der Waals surface area contributed by atoms with Crippen LogP contribution in [0.5, 0.6) is 0 Å². The monoisotopic (exact) mass is 256 g/mol. The topological polar surface area (TPSA) is 61.8 Å². The van der Waals surface area contributed by atoms with Crippen LogP contribution in [-0.2, 0) is 19.0 Å². The smallest absolute Gasteiger partial charge is 0.462 e. The highest BCUT2D eigenvalue weighted by Crippen LogP contribution is 2.32. The van der Waals surface area contributed by atoms with Gasteiger partial charge in [-0.1, -0.05) is 6.92 Å². The highest BCUT2D eigenvalue weighted by molar-refractivity contribution is 5.76. The maximum Gasteiger partial charge on any atom is 0.509 e. The Balaban J connectivity index is 1.89. The van der Waals surface area contributed by atoms with Crippen LogP contribution in [0.2, 0.25) is 0 Å². The average Bonchev–Trinajstić information content (AvgIpc) is 2.68. The van der Waals surface area contributed by atoms with Crippen LogP contribution in [-0.4, -0.2) is 30.4 Å². The zero-order valence-corrected chi connectivity index (χ0v) is 11.1. The van der Waals surface area contributed by atoms with Gasteiger partial charge in [0.25, 0.3) is 0 Å². The van der Waals surface area contributed by atoms with E-state index in [0.29, 0.717) is 12.8 Å². The van der Waals surface area contributed by atoms with Gasteiger partial charge in [-0.2, -0.15) is 0 Å². The van der Waals surface area contributed by atoms with Crippen molar-refractivity contribution in [2.45, 2.75) is 64.8 Å². The van der Waals surface area contributed by atoms with Crippen molar-refractivity contribution >= 4 is 12.1 Å². The maximum absolute atomic E-state index is 12.0. The van der Waals surface area contributed by atoms with E-state index in [-0.39, 0.29) is 24.3 Å². The first kappa shape index (κ1) is 13.2. The highest BCUT2D eigenvalue weighted by atomic mass is 16.8. The van der Waals surface area contributed by atoms with Crippen LogP contribution in [0.15, 0.2) is 0 Å². The molecule has 5 heteroatoms. The van der Waals surface area contributed by atoms with E-state index in [1.54, 1.807) is 0 Å². The van der Waals surface area contributed by atoms with Gasteiger partial charge in [-0.3, -0.25) is 4.79 Å². The highest BCUT2D eigenvalue weighted by Gasteiger charge is 2.43. The second-order valence-electron chi connectivity index (χ2n) is 5.64. The summed E-state index contributed by atoms with van der Waals surface area (Å²) in [5.74, 6) is -0.182. The van der Waals surface area contributed by atoms with E-state index < -0.39 is 11.6 Å². The normalized spacial score (nSPS) is 31.3. The third-order valence-corrected chi connectivity index (χ3v) is 3.89. The van der Waals surface area contributed by atoms with E-state index in [4.69, 9.17) is 14.2 Å². The van der Waals surface area contributed by atoms with Crippen LogP contribution < -0.4 is 0 Å². The molecule has 1 aliphatic heterocycles. The van der Waals surface area contributed by atoms with Gasteiger partial charge in [-0.25, -0.2) is 4.79 Å². The summed E-state index contributed by atoms with van der Waals surface area (Å²) in [5.41, 5.74) is -0.459. The van der Waals surface area contributed by atoms with Gasteiger partial charge < -0.3 is 14.2 Å². The lowest BCUT2D eigenvalue weighted by Gasteiger charge is -2.30. The van der Waals surface area contributed by atoms with E-state index in [1.165, 1.54) is 0 Å². The van der Waals surface area contributed by atoms with Gasteiger partial charge >= 0.3 is 12.1 Å². The summed E-state index contributed by atoms with van der Waals surface area (Å²) in [4.78, 5) is 23.0. The summed E-state index contributed by atoms with van der Waals surface area (Å²) < 4.78 is 15.5. The van der Waals surface area contributed by atoms with Crippen LogP contribution in [0.4, 0.5) is 4.79 Å². The summed E-state index contributed by atoms with van der Waals surface area (Å²) in [6.07, 6.45) is 1.51. The number of fused-ring (bicyclic) bond motifs is 1. The number of carbonyl (C=O) groups excluding carboxylic acids is 2. The molecular weight excluding hydrogens is 236 g/mol. The second kappa shape index (κ2) is 4.78. The van der Waals surface area contributed by atoms with E-state index in [9.17, 15) is 9.59 Å². The Morgan fingerprint density at radius 1 is 1.33 bits per heavy atom. The Kier molecular flexibility index (Phi) is 3.50. The first-order valence-electron chi connectivity index (χ1n) is 6.50. The van der Waals surface area contributed by atoms with Crippen LogP contribution in [0.3, 0.4) is 0 Å². The van der Waals surface area contributed by atoms with E-state index in [0.717, 1.165) is 12.8 Å². The molecule has 0 aromatic carbocycles. The van der Waals surface area contributed by atoms with E-state index in [1.807, 2.05) is 20.8 Å². The number of carbonyl (C=O) groups is 2. The Labute approximate surface area is 107 Å². The fourth-order valence-corrected chi connectivity index (χ4v) is 2.16. The molecule has 18 heavy (non-hydrogen) atoms. The van der Waals surface area contributed by atoms with Gasteiger partial charge in [0.15, 0.2) is 0 Å². The Morgan fingerprint density at radius 3 is 2.67 bits per heavy atom. The molecule has 102 valence electrons. The molecule has 2 rings (SSSR count). The van der Waals surface area contributed by atoms with Crippen LogP contribution >= 0.6 is 0 Å². The zero-order chi connectivity index (χ0) is 13.3. The quantitative estimate of drug-likeness (QED) is 0.726. The minimum atomic E-state index is -0.606. The number of ether oxygens (including phenoxy) is 3. The van der Waals surface area contributed by atoms with Crippen LogP contribution in [0.25, 0.3) is 0 Å². The number of hydrogen-bond acceptors (Lipinski definition) is 5. The predicted molar refractivity (Wildman–Crippen MR) is 62.9 cm³/mol. The van der Waals surface area contributed by atoms with Crippen molar-refractivity contribution in [2.24, 2.45) is 5.41 Å². The molecule has 0 amide bonds. The lowest BCUT2D eigenvalue weighted by Crippen LogP contribution is -2.38. The third-order valence-electron chi connectivity index (χ3n) is 3.89. The van der Waals surface area contributed by atoms with Crippen molar-refractivity contribution < 1.29 is 23.8 Å². The molecular formula is C13H20O5. The van der Waals surface area contributed by atoms with Crippen molar-refractivity contribution in [1.82, 2.24) is 0 Å². The first-order valence-corrected chi connectivity index (χ1v) is 6.50. The molecule has 2 fully saturated rings. The van der Waals surface area contributed by atoms with Gasteiger partial charge in [0, 0.05) is 6.42 Å².